The number of nitrogen functional groups attached to an aromatic ring is 1. The quantitative estimate of drug-likeness (QED) is 0.753. The van der Waals surface area contributed by atoms with Crippen LogP contribution in [0, 0.1) is 12.8 Å². The molecule has 0 aliphatic heterocycles. The van der Waals surface area contributed by atoms with Crippen molar-refractivity contribution in [3.63, 3.8) is 0 Å². The summed E-state index contributed by atoms with van der Waals surface area (Å²) in [5.74, 6) is 0.516. The lowest BCUT2D eigenvalue weighted by Crippen LogP contribution is -2.30. The maximum absolute atomic E-state index is 5.88. The summed E-state index contributed by atoms with van der Waals surface area (Å²) in [5.41, 5.74) is 8.86. The molecule has 0 fully saturated rings. The van der Waals surface area contributed by atoms with Gasteiger partial charge in [0, 0.05) is 18.5 Å². The first-order valence-corrected chi connectivity index (χ1v) is 5.66. The third-order valence-electron chi connectivity index (χ3n) is 2.78. The van der Waals surface area contributed by atoms with E-state index in [-0.39, 0.29) is 0 Å². The Balaban J connectivity index is 2.73. The highest BCUT2D eigenvalue weighted by Crippen LogP contribution is 2.19. The molecule has 3 heteroatoms. The van der Waals surface area contributed by atoms with Gasteiger partial charge in [0.2, 0.25) is 0 Å². The molecule has 3 N–H and O–H groups in total. The number of hydrogen-bond donors (Lipinski definition) is 2. The molecule has 3 nitrogen and oxygen atoms in total. The van der Waals surface area contributed by atoms with Crippen LogP contribution in [0.5, 0.6) is 0 Å². The summed E-state index contributed by atoms with van der Waals surface area (Å²) in [5, 5.41) is 3.44. The van der Waals surface area contributed by atoms with Crippen LogP contribution in [0.25, 0.3) is 0 Å². The smallest absolute Gasteiger partial charge is 0.0666 e. The summed E-state index contributed by atoms with van der Waals surface area (Å²) in [6.07, 6.45) is 0. The van der Waals surface area contributed by atoms with Gasteiger partial charge in [0.15, 0.2) is 0 Å². The fraction of sp³-hybridized carbons (Fsp3) is 0.538. The molecule has 1 atom stereocenters. The standard InChI is InChI=1S/C13H22N2O/c1-9(2)13(8-16-4)15-11-6-5-10(3)12(14)7-11/h5-7,9,13,15H,8,14H2,1-4H3. The normalized spacial score (nSPS) is 12.8. The maximum atomic E-state index is 5.88. The van der Waals surface area contributed by atoms with Gasteiger partial charge >= 0.3 is 0 Å². The second-order valence-electron chi connectivity index (χ2n) is 4.52. The zero-order valence-corrected chi connectivity index (χ0v) is 10.6. The van der Waals surface area contributed by atoms with E-state index < -0.39 is 0 Å². The fourth-order valence-corrected chi connectivity index (χ4v) is 1.52. The molecule has 0 amide bonds. The van der Waals surface area contributed by atoms with E-state index >= 15 is 0 Å². The first-order chi connectivity index (χ1) is 7.54. The average molecular weight is 222 g/mol. The number of hydrogen-bond acceptors (Lipinski definition) is 3. The minimum absolute atomic E-state index is 0.312. The van der Waals surface area contributed by atoms with Crippen molar-refractivity contribution in [2.45, 2.75) is 26.8 Å². The SMILES string of the molecule is COCC(Nc1ccc(C)c(N)c1)C(C)C. The predicted molar refractivity (Wildman–Crippen MR) is 69.7 cm³/mol. The molecule has 0 heterocycles. The van der Waals surface area contributed by atoms with Crippen LogP contribution in [0.15, 0.2) is 18.2 Å². The topological polar surface area (TPSA) is 47.3 Å². The zero-order chi connectivity index (χ0) is 12.1. The maximum Gasteiger partial charge on any atom is 0.0666 e. The van der Waals surface area contributed by atoms with Crippen molar-refractivity contribution < 1.29 is 4.74 Å². The monoisotopic (exact) mass is 222 g/mol. The Morgan fingerprint density at radius 3 is 2.56 bits per heavy atom. The van der Waals surface area contributed by atoms with Crippen molar-refractivity contribution in [2.75, 3.05) is 24.8 Å². The van der Waals surface area contributed by atoms with E-state index in [2.05, 4.69) is 25.2 Å². The highest BCUT2D eigenvalue weighted by Gasteiger charge is 2.12. The molecule has 1 aromatic rings. The van der Waals surface area contributed by atoms with E-state index in [1.165, 1.54) is 0 Å². The van der Waals surface area contributed by atoms with Gasteiger partial charge in [-0.2, -0.15) is 0 Å². The number of anilines is 2. The van der Waals surface area contributed by atoms with E-state index in [0.29, 0.717) is 18.6 Å². The lowest BCUT2D eigenvalue weighted by atomic mass is 10.0. The lowest BCUT2D eigenvalue weighted by molar-refractivity contribution is 0.171. The fourth-order valence-electron chi connectivity index (χ4n) is 1.52. The van der Waals surface area contributed by atoms with E-state index in [0.717, 1.165) is 16.9 Å². The highest BCUT2D eigenvalue weighted by atomic mass is 16.5. The van der Waals surface area contributed by atoms with Crippen molar-refractivity contribution in [2.24, 2.45) is 5.92 Å². The van der Waals surface area contributed by atoms with E-state index in [9.17, 15) is 0 Å². The van der Waals surface area contributed by atoms with Crippen molar-refractivity contribution >= 4 is 11.4 Å². The van der Waals surface area contributed by atoms with Gasteiger partial charge in [-0.25, -0.2) is 0 Å². The summed E-state index contributed by atoms with van der Waals surface area (Å²) >= 11 is 0. The number of benzene rings is 1. The van der Waals surface area contributed by atoms with Crippen LogP contribution in [0.1, 0.15) is 19.4 Å². The summed E-state index contributed by atoms with van der Waals surface area (Å²) in [4.78, 5) is 0. The average Bonchev–Trinajstić information content (AvgIpc) is 2.22. The predicted octanol–water partition coefficient (Wildman–Crippen LogP) is 2.66. The summed E-state index contributed by atoms with van der Waals surface area (Å²) in [7, 11) is 1.72. The van der Waals surface area contributed by atoms with Gasteiger partial charge in [-0.1, -0.05) is 19.9 Å². The molecule has 0 bridgehead atoms. The molecule has 0 saturated carbocycles. The van der Waals surface area contributed by atoms with E-state index in [1.807, 2.05) is 19.1 Å². The molecule has 0 saturated heterocycles. The molecule has 1 aromatic carbocycles. The molecule has 1 unspecified atom stereocenters. The number of nitrogens with two attached hydrogens (primary N) is 1. The largest absolute Gasteiger partial charge is 0.398 e. The third kappa shape index (κ3) is 3.42. The molecular formula is C13H22N2O. The minimum Gasteiger partial charge on any atom is -0.398 e. The Labute approximate surface area is 98.0 Å². The Bertz CT molecular complexity index is 337. The van der Waals surface area contributed by atoms with Crippen molar-refractivity contribution in [3.8, 4) is 0 Å². The number of aryl methyl sites for hydroxylation is 1. The summed E-state index contributed by atoms with van der Waals surface area (Å²) in [6.45, 7) is 7.06. The van der Waals surface area contributed by atoms with Crippen molar-refractivity contribution in [1.82, 2.24) is 0 Å². The molecule has 0 aromatic heterocycles. The molecule has 0 aliphatic rings. The number of methoxy groups -OCH3 is 1. The number of rotatable bonds is 5. The lowest BCUT2D eigenvalue weighted by Gasteiger charge is -2.23. The van der Waals surface area contributed by atoms with Crippen LogP contribution < -0.4 is 11.1 Å². The van der Waals surface area contributed by atoms with Crippen molar-refractivity contribution in [3.05, 3.63) is 23.8 Å². The minimum atomic E-state index is 0.312. The van der Waals surface area contributed by atoms with Gasteiger partial charge in [0.1, 0.15) is 0 Å². The van der Waals surface area contributed by atoms with E-state index in [1.54, 1.807) is 7.11 Å². The second-order valence-corrected chi connectivity index (χ2v) is 4.52. The zero-order valence-electron chi connectivity index (χ0n) is 10.6. The van der Waals surface area contributed by atoms with Gasteiger partial charge in [-0.3, -0.25) is 0 Å². The van der Waals surface area contributed by atoms with Crippen molar-refractivity contribution in [1.29, 1.82) is 0 Å². The Kier molecular flexibility index (Phi) is 4.62. The third-order valence-corrected chi connectivity index (χ3v) is 2.78. The highest BCUT2D eigenvalue weighted by molar-refractivity contribution is 5.58. The van der Waals surface area contributed by atoms with Crippen LogP contribution in [0.4, 0.5) is 11.4 Å². The first kappa shape index (κ1) is 12.8. The Morgan fingerprint density at radius 1 is 1.38 bits per heavy atom. The summed E-state index contributed by atoms with van der Waals surface area (Å²) in [6, 6.07) is 6.37. The summed E-state index contributed by atoms with van der Waals surface area (Å²) < 4.78 is 5.20. The molecule has 16 heavy (non-hydrogen) atoms. The second kappa shape index (κ2) is 5.75. The first-order valence-electron chi connectivity index (χ1n) is 5.66. The molecule has 90 valence electrons. The van der Waals surface area contributed by atoms with Crippen LogP contribution in [0.2, 0.25) is 0 Å². The van der Waals surface area contributed by atoms with Gasteiger partial charge < -0.3 is 15.8 Å². The molecule has 0 radical (unpaired) electrons. The van der Waals surface area contributed by atoms with Crippen LogP contribution >= 0.6 is 0 Å². The molecular weight excluding hydrogens is 200 g/mol. The Hall–Kier alpha value is -1.22. The molecule has 0 aliphatic carbocycles. The Morgan fingerprint density at radius 2 is 2.06 bits per heavy atom. The number of nitrogens with one attached hydrogen (secondary N) is 1. The van der Waals surface area contributed by atoms with Gasteiger partial charge in [0.25, 0.3) is 0 Å². The van der Waals surface area contributed by atoms with Gasteiger partial charge in [-0.15, -0.1) is 0 Å². The van der Waals surface area contributed by atoms with Crippen LogP contribution in [-0.2, 0) is 4.74 Å². The van der Waals surface area contributed by atoms with Crippen LogP contribution in [0.3, 0.4) is 0 Å². The number of ether oxygens (including phenoxy) is 1. The van der Waals surface area contributed by atoms with Crippen LogP contribution in [-0.4, -0.2) is 19.8 Å². The van der Waals surface area contributed by atoms with Gasteiger partial charge in [-0.05, 0) is 30.5 Å². The molecule has 0 spiro atoms. The van der Waals surface area contributed by atoms with Gasteiger partial charge in [0.05, 0.1) is 12.6 Å². The molecule has 1 rings (SSSR count). The van der Waals surface area contributed by atoms with E-state index in [4.69, 9.17) is 10.5 Å².